The molecule has 0 saturated carbocycles. The Balaban J connectivity index is 3.47. The Morgan fingerprint density at radius 2 is 1.92 bits per heavy atom. The summed E-state index contributed by atoms with van der Waals surface area (Å²) in [5.74, 6) is 0. The monoisotopic (exact) mass is 201 g/mol. The van der Waals surface area contributed by atoms with Gasteiger partial charge in [0.2, 0.25) is 5.69 Å². The zero-order chi connectivity index (χ0) is 9.19. The van der Waals surface area contributed by atoms with Gasteiger partial charge < -0.3 is 0 Å². The zero-order valence-corrected chi connectivity index (χ0v) is 7.43. The molecule has 0 aliphatic rings. The molecule has 0 amide bonds. The highest BCUT2D eigenvalue weighted by molar-refractivity contribution is 8.13. The first-order valence-electron chi connectivity index (χ1n) is 2.97. The van der Waals surface area contributed by atoms with Crippen LogP contribution in [0.1, 0.15) is 0 Å². The molecule has 0 saturated heterocycles. The van der Waals surface area contributed by atoms with Crippen molar-refractivity contribution >= 4 is 25.4 Å². The molecule has 0 aliphatic carbocycles. The van der Waals surface area contributed by atoms with Gasteiger partial charge in [-0.25, -0.2) is 13.3 Å². The quantitative estimate of drug-likeness (QED) is 0.516. The average Bonchev–Trinajstić information content (AvgIpc) is 2.03. The Hall–Kier alpha value is -1.05. The van der Waals surface area contributed by atoms with E-state index in [2.05, 4.69) is 4.85 Å². The van der Waals surface area contributed by atoms with E-state index in [0.717, 1.165) is 0 Å². The van der Waals surface area contributed by atoms with Crippen LogP contribution in [-0.2, 0) is 9.05 Å². The fourth-order valence-corrected chi connectivity index (χ4v) is 1.75. The van der Waals surface area contributed by atoms with Gasteiger partial charge in [-0.1, -0.05) is 24.3 Å². The molecule has 0 unspecified atom stereocenters. The summed E-state index contributed by atoms with van der Waals surface area (Å²) < 4.78 is 21.7. The van der Waals surface area contributed by atoms with Crippen molar-refractivity contribution in [2.45, 2.75) is 4.90 Å². The number of benzene rings is 1. The van der Waals surface area contributed by atoms with Gasteiger partial charge in [-0.3, -0.25) is 0 Å². The lowest BCUT2D eigenvalue weighted by atomic mass is 10.3. The predicted octanol–water partition coefficient (Wildman–Crippen LogP) is 2.16. The van der Waals surface area contributed by atoms with Crippen LogP contribution < -0.4 is 0 Å². The smallest absolute Gasteiger partial charge is 0.237 e. The topological polar surface area (TPSA) is 38.5 Å². The summed E-state index contributed by atoms with van der Waals surface area (Å²) in [6.07, 6.45) is 0. The molecular weight excluding hydrogens is 198 g/mol. The van der Waals surface area contributed by atoms with Crippen LogP contribution in [-0.4, -0.2) is 8.42 Å². The van der Waals surface area contributed by atoms with E-state index in [-0.39, 0.29) is 10.6 Å². The van der Waals surface area contributed by atoms with Gasteiger partial charge in [0.05, 0.1) is 11.5 Å². The summed E-state index contributed by atoms with van der Waals surface area (Å²) in [6.45, 7) is 6.67. The van der Waals surface area contributed by atoms with Crippen LogP contribution >= 0.6 is 10.7 Å². The van der Waals surface area contributed by atoms with E-state index in [1.54, 1.807) is 6.07 Å². The van der Waals surface area contributed by atoms with E-state index < -0.39 is 9.05 Å². The van der Waals surface area contributed by atoms with Crippen LogP contribution in [0.25, 0.3) is 4.85 Å². The van der Waals surface area contributed by atoms with Gasteiger partial charge >= 0.3 is 0 Å². The van der Waals surface area contributed by atoms with Crippen LogP contribution in [0.2, 0.25) is 0 Å². The molecule has 0 fully saturated rings. The van der Waals surface area contributed by atoms with E-state index in [1.165, 1.54) is 18.2 Å². The van der Waals surface area contributed by atoms with Gasteiger partial charge in [-0.2, -0.15) is 0 Å². The summed E-state index contributed by atoms with van der Waals surface area (Å²) in [5.41, 5.74) is 0.0486. The molecule has 0 heterocycles. The Morgan fingerprint density at radius 1 is 1.33 bits per heavy atom. The van der Waals surface area contributed by atoms with Crippen molar-refractivity contribution < 1.29 is 8.42 Å². The number of halogens is 1. The van der Waals surface area contributed by atoms with Crippen LogP contribution in [0.4, 0.5) is 5.69 Å². The molecule has 1 rings (SSSR count). The average molecular weight is 202 g/mol. The Bertz CT molecular complexity index is 433. The standard InChI is InChI=1S/C7H4ClNO2S/c1-9-6-4-2-3-5-7(6)12(8,10)11/h2-5H. The molecule has 0 aliphatic heterocycles. The second-order valence-corrected chi connectivity index (χ2v) is 4.55. The normalized spacial score (nSPS) is 10.7. The lowest BCUT2D eigenvalue weighted by Crippen LogP contribution is -1.89. The molecule has 0 radical (unpaired) electrons. The fourth-order valence-electron chi connectivity index (χ4n) is 0.756. The molecule has 0 atom stereocenters. The highest BCUT2D eigenvalue weighted by Crippen LogP contribution is 2.26. The lowest BCUT2D eigenvalue weighted by Gasteiger charge is -1.96. The maximum atomic E-state index is 10.8. The molecule has 0 bridgehead atoms. The number of nitrogens with zero attached hydrogens (tertiary/aromatic N) is 1. The van der Waals surface area contributed by atoms with Crippen molar-refractivity contribution in [1.29, 1.82) is 0 Å². The third-order valence-electron chi connectivity index (χ3n) is 1.25. The van der Waals surface area contributed by atoms with Crippen LogP contribution in [0, 0.1) is 6.57 Å². The first kappa shape index (κ1) is 9.04. The summed E-state index contributed by atoms with van der Waals surface area (Å²) in [5, 5.41) is 0. The van der Waals surface area contributed by atoms with Gasteiger partial charge in [-0.15, -0.1) is 0 Å². The summed E-state index contributed by atoms with van der Waals surface area (Å²) >= 11 is 0. The number of hydrogen-bond acceptors (Lipinski definition) is 2. The summed E-state index contributed by atoms with van der Waals surface area (Å²) in [7, 11) is 1.28. The number of rotatable bonds is 1. The number of para-hydroxylation sites is 1. The molecule has 62 valence electrons. The van der Waals surface area contributed by atoms with Crippen LogP contribution in [0.3, 0.4) is 0 Å². The van der Waals surface area contributed by atoms with Crippen molar-refractivity contribution in [3.8, 4) is 0 Å². The minimum Gasteiger partial charge on any atom is -0.237 e. The zero-order valence-electron chi connectivity index (χ0n) is 5.86. The van der Waals surface area contributed by atoms with Gasteiger partial charge in [0.15, 0.2) is 0 Å². The minimum atomic E-state index is -3.79. The third-order valence-corrected chi connectivity index (χ3v) is 2.62. The van der Waals surface area contributed by atoms with Crippen molar-refractivity contribution in [3.05, 3.63) is 35.7 Å². The van der Waals surface area contributed by atoms with Gasteiger partial charge in [-0.05, 0) is 0 Å². The Labute approximate surface area is 74.8 Å². The highest BCUT2D eigenvalue weighted by atomic mass is 35.7. The molecule has 3 nitrogen and oxygen atoms in total. The SMILES string of the molecule is [C-]#[N+]c1ccccc1S(=O)(=O)Cl. The molecular formula is C7H4ClNO2S. The van der Waals surface area contributed by atoms with Gasteiger partial charge in [0.1, 0.15) is 0 Å². The Morgan fingerprint density at radius 3 is 2.33 bits per heavy atom. The van der Waals surface area contributed by atoms with Crippen molar-refractivity contribution in [3.63, 3.8) is 0 Å². The molecule has 1 aromatic carbocycles. The lowest BCUT2D eigenvalue weighted by molar-refractivity contribution is 0.610. The second-order valence-electron chi connectivity index (χ2n) is 2.02. The highest BCUT2D eigenvalue weighted by Gasteiger charge is 2.13. The fraction of sp³-hybridized carbons (Fsp3) is 0. The van der Waals surface area contributed by atoms with E-state index in [0.29, 0.717) is 0 Å². The predicted molar refractivity (Wildman–Crippen MR) is 45.7 cm³/mol. The molecule has 0 aromatic heterocycles. The maximum absolute atomic E-state index is 10.8. The molecule has 0 spiro atoms. The first-order valence-corrected chi connectivity index (χ1v) is 5.28. The van der Waals surface area contributed by atoms with Gasteiger partial charge in [0.25, 0.3) is 9.05 Å². The maximum Gasteiger partial charge on any atom is 0.251 e. The first-order chi connectivity index (χ1) is 5.55. The van der Waals surface area contributed by atoms with Crippen molar-refractivity contribution in [2.24, 2.45) is 0 Å². The Kier molecular flexibility index (Phi) is 2.36. The van der Waals surface area contributed by atoms with E-state index >= 15 is 0 Å². The van der Waals surface area contributed by atoms with E-state index in [9.17, 15) is 8.42 Å². The van der Waals surface area contributed by atoms with Crippen molar-refractivity contribution in [1.82, 2.24) is 0 Å². The summed E-state index contributed by atoms with van der Waals surface area (Å²) in [4.78, 5) is 2.89. The third kappa shape index (κ3) is 1.76. The van der Waals surface area contributed by atoms with E-state index in [1.807, 2.05) is 0 Å². The molecule has 5 heteroatoms. The second kappa shape index (κ2) is 3.13. The van der Waals surface area contributed by atoms with Crippen molar-refractivity contribution in [2.75, 3.05) is 0 Å². The largest absolute Gasteiger partial charge is 0.251 e. The summed E-state index contributed by atoms with van der Waals surface area (Å²) in [6, 6.07) is 5.81. The number of hydrogen-bond donors (Lipinski definition) is 0. The molecule has 0 N–H and O–H groups in total. The van der Waals surface area contributed by atoms with Crippen LogP contribution in [0.5, 0.6) is 0 Å². The molecule has 1 aromatic rings. The van der Waals surface area contributed by atoms with Crippen LogP contribution in [0.15, 0.2) is 29.2 Å². The van der Waals surface area contributed by atoms with Gasteiger partial charge in [0, 0.05) is 10.7 Å². The minimum absolute atomic E-state index is 0.0486. The van der Waals surface area contributed by atoms with E-state index in [4.69, 9.17) is 17.3 Å². The molecule has 12 heavy (non-hydrogen) atoms.